The lowest BCUT2D eigenvalue weighted by atomic mass is 9.80. The van der Waals surface area contributed by atoms with E-state index in [1.54, 1.807) is 7.11 Å². The van der Waals surface area contributed by atoms with Crippen molar-refractivity contribution in [1.29, 1.82) is 0 Å². The average molecular weight is 277 g/mol. The Labute approximate surface area is 122 Å². The molecule has 2 unspecified atom stereocenters. The number of nitrogens with one attached hydrogen (secondary N) is 1. The van der Waals surface area contributed by atoms with Crippen molar-refractivity contribution in [3.05, 3.63) is 24.3 Å². The Balaban J connectivity index is 1.65. The van der Waals surface area contributed by atoms with Gasteiger partial charge >= 0.3 is 0 Å². The number of hydrogen-bond acceptors (Lipinski definition) is 3. The molecular formula is C17H27NO2. The second kappa shape index (κ2) is 7.53. The van der Waals surface area contributed by atoms with Gasteiger partial charge in [-0.15, -0.1) is 0 Å². The standard InChI is InChI=1S/C17H27NO2/c1-13-10-14(2)12-15(11-13)18-8-9-20-17-6-4-16(19-3)5-7-17/h4-7,13-15,18H,8-12H2,1-3H3. The van der Waals surface area contributed by atoms with E-state index in [9.17, 15) is 0 Å². The molecule has 2 atom stereocenters. The number of benzene rings is 1. The molecule has 0 aromatic heterocycles. The van der Waals surface area contributed by atoms with Crippen LogP contribution in [0.15, 0.2) is 24.3 Å². The van der Waals surface area contributed by atoms with E-state index in [0.717, 1.165) is 29.9 Å². The molecule has 0 amide bonds. The minimum atomic E-state index is 0.660. The predicted molar refractivity (Wildman–Crippen MR) is 82.5 cm³/mol. The van der Waals surface area contributed by atoms with Crippen molar-refractivity contribution >= 4 is 0 Å². The zero-order valence-corrected chi connectivity index (χ0v) is 12.9. The van der Waals surface area contributed by atoms with Crippen molar-refractivity contribution in [2.45, 2.75) is 39.2 Å². The Bertz CT molecular complexity index is 380. The fourth-order valence-corrected chi connectivity index (χ4v) is 3.22. The average Bonchev–Trinajstić information content (AvgIpc) is 2.43. The van der Waals surface area contributed by atoms with Crippen LogP contribution in [0.1, 0.15) is 33.1 Å². The summed E-state index contributed by atoms with van der Waals surface area (Å²) >= 11 is 0. The van der Waals surface area contributed by atoms with Gasteiger partial charge < -0.3 is 14.8 Å². The summed E-state index contributed by atoms with van der Waals surface area (Å²) in [6.45, 7) is 6.35. The molecule has 3 heteroatoms. The van der Waals surface area contributed by atoms with E-state index in [2.05, 4.69) is 19.2 Å². The van der Waals surface area contributed by atoms with Gasteiger partial charge in [0.1, 0.15) is 18.1 Å². The molecule has 1 aromatic rings. The monoisotopic (exact) mass is 277 g/mol. The highest BCUT2D eigenvalue weighted by molar-refractivity contribution is 5.31. The molecule has 20 heavy (non-hydrogen) atoms. The topological polar surface area (TPSA) is 30.5 Å². The SMILES string of the molecule is COc1ccc(OCCNC2CC(C)CC(C)C2)cc1. The summed E-state index contributed by atoms with van der Waals surface area (Å²) in [5.74, 6) is 3.45. The lowest BCUT2D eigenvalue weighted by Crippen LogP contribution is -2.38. The molecular weight excluding hydrogens is 250 g/mol. The van der Waals surface area contributed by atoms with E-state index in [-0.39, 0.29) is 0 Å². The van der Waals surface area contributed by atoms with Crippen LogP contribution in [0.25, 0.3) is 0 Å². The number of ether oxygens (including phenoxy) is 2. The summed E-state index contributed by atoms with van der Waals surface area (Å²) in [6.07, 6.45) is 3.97. The highest BCUT2D eigenvalue weighted by Gasteiger charge is 2.23. The molecule has 0 bridgehead atoms. The van der Waals surface area contributed by atoms with E-state index < -0.39 is 0 Å². The first-order valence-corrected chi connectivity index (χ1v) is 7.67. The molecule has 112 valence electrons. The maximum absolute atomic E-state index is 5.73. The minimum Gasteiger partial charge on any atom is -0.497 e. The van der Waals surface area contributed by atoms with Crippen LogP contribution in [0.2, 0.25) is 0 Å². The van der Waals surface area contributed by atoms with Gasteiger partial charge in [-0.05, 0) is 55.4 Å². The fraction of sp³-hybridized carbons (Fsp3) is 0.647. The van der Waals surface area contributed by atoms with Gasteiger partial charge in [-0.1, -0.05) is 13.8 Å². The summed E-state index contributed by atoms with van der Waals surface area (Å²) in [6, 6.07) is 8.40. The van der Waals surface area contributed by atoms with Gasteiger partial charge in [0.2, 0.25) is 0 Å². The van der Waals surface area contributed by atoms with E-state index in [1.807, 2.05) is 24.3 Å². The molecule has 0 saturated heterocycles. The first kappa shape index (κ1) is 15.2. The van der Waals surface area contributed by atoms with Crippen molar-refractivity contribution in [2.75, 3.05) is 20.3 Å². The zero-order valence-electron chi connectivity index (χ0n) is 12.9. The number of hydrogen-bond donors (Lipinski definition) is 1. The van der Waals surface area contributed by atoms with Crippen LogP contribution < -0.4 is 14.8 Å². The van der Waals surface area contributed by atoms with Crippen molar-refractivity contribution < 1.29 is 9.47 Å². The molecule has 1 N–H and O–H groups in total. The zero-order chi connectivity index (χ0) is 14.4. The van der Waals surface area contributed by atoms with Gasteiger partial charge in [-0.3, -0.25) is 0 Å². The molecule has 0 aliphatic heterocycles. The van der Waals surface area contributed by atoms with Gasteiger partial charge in [0.05, 0.1) is 7.11 Å². The van der Waals surface area contributed by atoms with Crippen LogP contribution in [0.4, 0.5) is 0 Å². The molecule has 1 aromatic carbocycles. The second-order valence-electron chi connectivity index (χ2n) is 6.09. The van der Waals surface area contributed by atoms with Crippen LogP contribution >= 0.6 is 0 Å². The molecule has 1 fully saturated rings. The van der Waals surface area contributed by atoms with Crippen LogP contribution in [-0.4, -0.2) is 26.3 Å². The molecule has 1 aliphatic carbocycles. The van der Waals surface area contributed by atoms with Crippen molar-refractivity contribution in [3.8, 4) is 11.5 Å². The van der Waals surface area contributed by atoms with Gasteiger partial charge in [0.15, 0.2) is 0 Å². The Morgan fingerprint density at radius 2 is 1.60 bits per heavy atom. The highest BCUT2D eigenvalue weighted by atomic mass is 16.5. The third-order valence-electron chi connectivity index (χ3n) is 4.04. The van der Waals surface area contributed by atoms with Gasteiger partial charge in [-0.25, -0.2) is 0 Å². The maximum Gasteiger partial charge on any atom is 0.119 e. The van der Waals surface area contributed by atoms with Crippen LogP contribution in [0.5, 0.6) is 11.5 Å². The molecule has 2 rings (SSSR count). The van der Waals surface area contributed by atoms with Crippen LogP contribution in [0, 0.1) is 11.8 Å². The van der Waals surface area contributed by atoms with Crippen molar-refractivity contribution in [2.24, 2.45) is 11.8 Å². The van der Waals surface area contributed by atoms with Crippen molar-refractivity contribution in [1.82, 2.24) is 5.32 Å². The van der Waals surface area contributed by atoms with E-state index >= 15 is 0 Å². The fourth-order valence-electron chi connectivity index (χ4n) is 3.22. The summed E-state index contributed by atoms with van der Waals surface area (Å²) < 4.78 is 10.9. The molecule has 0 spiro atoms. The molecule has 3 nitrogen and oxygen atoms in total. The molecule has 0 heterocycles. The van der Waals surface area contributed by atoms with Gasteiger partial charge in [0, 0.05) is 12.6 Å². The van der Waals surface area contributed by atoms with Crippen LogP contribution in [-0.2, 0) is 0 Å². The summed E-state index contributed by atoms with van der Waals surface area (Å²) in [5, 5.41) is 3.63. The van der Waals surface area contributed by atoms with E-state index in [4.69, 9.17) is 9.47 Å². The lowest BCUT2D eigenvalue weighted by Gasteiger charge is -2.32. The normalized spacial score (nSPS) is 26.2. The van der Waals surface area contributed by atoms with Crippen molar-refractivity contribution in [3.63, 3.8) is 0 Å². The smallest absolute Gasteiger partial charge is 0.119 e. The number of methoxy groups -OCH3 is 1. The Kier molecular flexibility index (Phi) is 5.72. The maximum atomic E-state index is 5.73. The minimum absolute atomic E-state index is 0.660. The first-order chi connectivity index (χ1) is 9.67. The Hall–Kier alpha value is -1.22. The Morgan fingerprint density at radius 3 is 2.20 bits per heavy atom. The summed E-state index contributed by atoms with van der Waals surface area (Å²) in [5.41, 5.74) is 0. The summed E-state index contributed by atoms with van der Waals surface area (Å²) in [4.78, 5) is 0. The molecule has 1 aliphatic rings. The highest BCUT2D eigenvalue weighted by Crippen LogP contribution is 2.28. The van der Waals surface area contributed by atoms with Gasteiger partial charge in [0.25, 0.3) is 0 Å². The molecule has 1 saturated carbocycles. The van der Waals surface area contributed by atoms with Crippen LogP contribution in [0.3, 0.4) is 0 Å². The van der Waals surface area contributed by atoms with E-state index in [1.165, 1.54) is 19.3 Å². The molecule has 0 radical (unpaired) electrons. The first-order valence-electron chi connectivity index (χ1n) is 7.67. The lowest BCUT2D eigenvalue weighted by molar-refractivity contribution is 0.225. The number of rotatable bonds is 6. The third-order valence-corrected chi connectivity index (χ3v) is 4.04. The predicted octanol–water partition coefficient (Wildman–Crippen LogP) is 3.49. The summed E-state index contributed by atoms with van der Waals surface area (Å²) in [7, 11) is 1.67. The second-order valence-corrected chi connectivity index (χ2v) is 6.09. The quantitative estimate of drug-likeness (QED) is 0.807. The third kappa shape index (κ3) is 4.71. The van der Waals surface area contributed by atoms with E-state index in [0.29, 0.717) is 12.6 Å². The van der Waals surface area contributed by atoms with Gasteiger partial charge in [-0.2, -0.15) is 0 Å². The largest absolute Gasteiger partial charge is 0.497 e. The Morgan fingerprint density at radius 1 is 1.00 bits per heavy atom.